The smallest absolute Gasteiger partial charge is 0.309 e. The van der Waals surface area contributed by atoms with Crippen molar-refractivity contribution in [1.29, 1.82) is 0 Å². The van der Waals surface area contributed by atoms with Crippen LogP contribution in [-0.2, 0) is 13.0 Å². The quantitative estimate of drug-likeness (QED) is 0.776. The second-order valence-corrected chi connectivity index (χ2v) is 8.49. The molecule has 0 N–H and O–H groups in total. The van der Waals surface area contributed by atoms with Crippen LogP contribution in [0.2, 0.25) is 0 Å². The van der Waals surface area contributed by atoms with Gasteiger partial charge in [0.15, 0.2) is 0 Å². The molecule has 2 amide bonds. The lowest BCUT2D eigenvalue weighted by atomic mass is 9.92. The zero-order valence-electron chi connectivity index (χ0n) is 17.1. The first-order valence-corrected chi connectivity index (χ1v) is 10.1. The van der Waals surface area contributed by atoms with E-state index in [0.717, 1.165) is 6.42 Å². The van der Waals surface area contributed by atoms with Crippen molar-refractivity contribution in [2.24, 2.45) is 11.8 Å². The van der Waals surface area contributed by atoms with Crippen molar-refractivity contribution in [2.45, 2.75) is 40.2 Å². The molecule has 0 saturated carbocycles. The number of oxazole rings is 1. The Kier molecular flexibility index (Phi) is 5.15. The molecule has 4 rings (SSSR count). The minimum atomic E-state index is -0.330. The molecule has 3 heterocycles. The van der Waals surface area contributed by atoms with Crippen LogP contribution in [0.25, 0.3) is 0 Å². The highest BCUT2D eigenvalue weighted by Gasteiger charge is 2.32. The van der Waals surface area contributed by atoms with E-state index in [-0.39, 0.29) is 30.1 Å². The average Bonchev–Trinajstić information content (AvgIpc) is 3.11. The highest BCUT2D eigenvalue weighted by atomic mass is 19.1. The van der Waals surface area contributed by atoms with E-state index in [9.17, 15) is 14.0 Å². The van der Waals surface area contributed by atoms with Gasteiger partial charge >= 0.3 is 5.91 Å². The Balaban J connectivity index is 1.49. The summed E-state index contributed by atoms with van der Waals surface area (Å²) in [6.07, 6.45) is 1.63. The third kappa shape index (κ3) is 3.91. The van der Waals surface area contributed by atoms with Gasteiger partial charge in [-0.05, 0) is 48.9 Å². The average molecular weight is 399 g/mol. The van der Waals surface area contributed by atoms with Crippen molar-refractivity contribution in [3.8, 4) is 0 Å². The molecule has 1 aromatic heterocycles. The van der Waals surface area contributed by atoms with Crippen LogP contribution in [0.1, 0.15) is 58.3 Å². The van der Waals surface area contributed by atoms with Gasteiger partial charge in [0.05, 0.1) is 6.54 Å². The van der Waals surface area contributed by atoms with Crippen LogP contribution < -0.4 is 0 Å². The maximum atomic E-state index is 13.5. The van der Waals surface area contributed by atoms with Gasteiger partial charge in [0.2, 0.25) is 0 Å². The summed E-state index contributed by atoms with van der Waals surface area (Å²) in [6, 6.07) is 4.37. The minimum absolute atomic E-state index is 0.114. The monoisotopic (exact) mass is 399 g/mol. The van der Waals surface area contributed by atoms with Crippen LogP contribution in [0.3, 0.4) is 0 Å². The normalized spacial score (nSPS) is 21.8. The third-order valence-electron chi connectivity index (χ3n) is 5.76. The van der Waals surface area contributed by atoms with Gasteiger partial charge in [-0.3, -0.25) is 9.59 Å². The Morgan fingerprint density at radius 2 is 1.86 bits per heavy atom. The first-order valence-electron chi connectivity index (χ1n) is 10.1. The van der Waals surface area contributed by atoms with Gasteiger partial charge in [0.25, 0.3) is 11.8 Å². The van der Waals surface area contributed by atoms with Gasteiger partial charge in [-0.15, -0.1) is 0 Å². The number of hydrogen-bond donors (Lipinski definition) is 0. The van der Waals surface area contributed by atoms with Crippen LogP contribution >= 0.6 is 0 Å². The molecule has 2 aliphatic rings. The lowest BCUT2D eigenvalue weighted by Crippen LogP contribution is -2.42. The Hall–Kier alpha value is -2.70. The Morgan fingerprint density at radius 1 is 1.14 bits per heavy atom. The number of benzene rings is 1. The number of piperidine rings is 1. The molecular weight excluding hydrogens is 373 g/mol. The molecule has 29 heavy (non-hydrogen) atoms. The largest absolute Gasteiger partial charge is 0.437 e. The van der Waals surface area contributed by atoms with E-state index >= 15 is 0 Å². The number of carbonyl (C=O) groups excluding carboxylic acids is 2. The molecule has 0 bridgehead atoms. The fourth-order valence-electron chi connectivity index (χ4n) is 4.39. The van der Waals surface area contributed by atoms with E-state index in [0.29, 0.717) is 60.5 Å². The van der Waals surface area contributed by atoms with Crippen LogP contribution in [0.5, 0.6) is 0 Å². The number of rotatable bonds is 2. The zero-order chi connectivity index (χ0) is 20.7. The molecule has 154 valence electrons. The number of hydrogen-bond acceptors (Lipinski definition) is 4. The first-order chi connectivity index (χ1) is 13.8. The number of aryl methyl sites for hydroxylation is 1. The predicted molar refractivity (Wildman–Crippen MR) is 105 cm³/mol. The van der Waals surface area contributed by atoms with Crippen molar-refractivity contribution in [3.63, 3.8) is 0 Å². The molecule has 0 unspecified atom stereocenters. The van der Waals surface area contributed by atoms with Gasteiger partial charge in [0, 0.05) is 31.6 Å². The second-order valence-electron chi connectivity index (χ2n) is 8.49. The number of carbonyl (C=O) groups is 2. The zero-order valence-corrected chi connectivity index (χ0v) is 17.1. The third-order valence-corrected chi connectivity index (χ3v) is 5.76. The SMILES string of the molecule is Cc1cc(C(=O)N2CCc3oc(C(=O)N4C[C@@H](C)C[C@H](C)C4)nc3C2)ccc1F. The van der Waals surface area contributed by atoms with Gasteiger partial charge in [0.1, 0.15) is 17.3 Å². The number of fused-ring (bicyclic) bond motifs is 1. The molecule has 1 aromatic carbocycles. The van der Waals surface area contributed by atoms with Crippen molar-refractivity contribution >= 4 is 11.8 Å². The molecule has 2 aliphatic heterocycles. The summed E-state index contributed by atoms with van der Waals surface area (Å²) >= 11 is 0. The number of aromatic nitrogens is 1. The topological polar surface area (TPSA) is 66.7 Å². The summed E-state index contributed by atoms with van der Waals surface area (Å²) in [5.41, 5.74) is 1.51. The molecule has 2 aromatic rings. The highest BCUT2D eigenvalue weighted by Crippen LogP contribution is 2.25. The van der Waals surface area contributed by atoms with Gasteiger partial charge in [-0.1, -0.05) is 13.8 Å². The lowest BCUT2D eigenvalue weighted by molar-refractivity contribution is 0.0580. The van der Waals surface area contributed by atoms with Crippen molar-refractivity contribution in [1.82, 2.24) is 14.8 Å². The number of likely N-dealkylation sites (tertiary alicyclic amines) is 1. The van der Waals surface area contributed by atoms with E-state index in [1.54, 1.807) is 17.9 Å². The highest BCUT2D eigenvalue weighted by molar-refractivity contribution is 5.94. The van der Waals surface area contributed by atoms with E-state index in [2.05, 4.69) is 18.8 Å². The molecule has 0 aliphatic carbocycles. The Bertz CT molecular complexity index is 945. The molecule has 6 nitrogen and oxygen atoms in total. The summed E-state index contributed by atoms with van der Waals surface area (Å²) in [4.78, 5) is 33.6. The second kappa shape index (κ2) is 7.61. The summed E-state index contributed by atoms with van der Waals surface area (Å²) in [7, 11) is 0. The van der Waals surface area contributed by atoms with Crippen molar-refractivity contribution in [3.05, 3.63) is 52.5 Å². The number of halogens is 1. The van der Waals surface area contributed by atoms with Crippen LogP contribution in [-0.4, -0.2) is 46.2 Å². The van der Waals surface area contributed by atoms with Crippen LogP contribution in [0.4, 0.5) is 4.39 Å². The van der Waals surface area contributed by atoms with E-state index in [1.807, 2.05) is 4.90 Å². The van der Waals surface area contributed by atoms with Crippen molar-refractivity contribution in [2.75, 3.05) is 19.6 Å². The molecule has 1 fully saturated rings. The van der Waals surface area contributed by atoms with Gasteiger partial charge < -0.3 is 14.2 Å². The summed E-state index contributed by atoms with van der Waals surface area (Å²) in [5.74, 6) is 1.02. The number of amides is 2. The fourth-order valence-corrected chi connectivity index (χ4v) is 4.39. The fraction of sp³-hybridized carbons (Fsp3) is 0.500. The maximum Gasteiger partial charge on any atom is 0.309 e. The van der Waals surface area contributed by atoms with E-state index in [4.69, 9.17) is 4.42 Å². The Labute approximate surface area is 169 Å². The summed E-state index contributed by atoms with van der Waals surface area (Å²) in [5, 5.41) is 0. The van der Waals surface area contributed by atoms with E-state index in [1.165, 1.54) is 12.1 Å². The summed E-state index contributed by atoms with van der Waals surface area (Å²) < 4.78 is 19.3. The lowest BCUT2D eigenvalue weighted by Gasteiger charge is -2.34. The molecule has 0 radical (unpaired) electrons. The predicted octanol–water partition coefficient (Wildman–Crippen LogP) is 3.44. The maximum absolute atomic E-state index is 13.5. The molecule has 0 spiro atoms. The standard InChI is InChI=1S/C22H26FN3O3/c1-13-8-14(2)11-26(10-13)22(28)20-24-18-12-25(7-6-19(18)29-20)21(27)16-4-5-17(23)15(3)9-16/h4-5,9,13-14H,6-8,10-12H2,1-3H3/t13-,14-/m0/s1. The number of nitrogens with zero attached hydrogens (tertiary/aromatic N) is 3. The van der Waals surface area contributed by atoms with Crippen molar-refractivity contribution < 1.29 is 18.4 Å². The first kappa shape index (κ1) is 19.6. The Morgan fingerprint density at radius 3 is 2.55 bits per heavy atom. The van der Waals surface area contributed by atoms with Crippen LogP contribution in [0.15, 0.2) is 22.6 Å². The molecule has 7 heteroatoms. The van der Waals surface area contributed by atoms with Crippen LogP contribution in [0, 0.1) is 24.6 Å². The van der Waals surface area contributed by atoms with Gasteiger partial charge in [-0.25, -0.2) is 9.37 Å². The molecule has 2 atom stereocenters. The molecular formula is C22H26FN3O3. The van der Waals surface area contributed by atoms with Gasteiger partial charge in [-0.2, -0.15) is 0 Å². The summed E-state index contributed by atoms with van der Waals surface area (Å²) in [6.45, 7) is 8.12. The molecule has 1 saturated heterocycles. The minimum Gasteiger partial charge on any atom is -0.437 e. The van der Waals surface area contributed by atoms with E-state index < -0.39 is 0 Å².